The van der Waals surface area contributed by atoms with Crippen LogP contribution in [0.3, 0.4) is 0 Å². The molecule has 27 heavy (non-hydrogen) atoms. The molecule has 0 radical (unpaired) electrons. The quantitative estimate of drug-likeness (QED) is 0.422. The molecule has 1 aromatic heterocycles. The number of ether oxygens (including phenoxy) is 1. The van der Waals surface area contributed by atoms with E-state index in [4.69, 9.17) is 4.74 Å². The van der Waals surface area contributed by atoms with Gasteiger partial charge in [0.1, 0.15) is 18.7 Å². The number of aromatic nitrogens is 3. The van der Waals surface area contributed by atoms with Gasteiger partial charge in [0.25, 0.3) is 0 Å². The number of aryl methyl sites for hydroxylation is 1. The first-order valence-electron chi connectivity index (χ1n) is 8.37. The Morgan fingerprint density at radius 3 is 2.85 bits per heavy atom. The third-order valence-corrected chi connectivity index (χ3v) is 5.09. The molecule has 0 saturated heterocycles. The lowest BCUT2D eigenvalue weighted by molar-refractivity contribution is -0.118. The first-order valence-corrected chi connectivity index (χ1v) is 10.1. The lowest BCUT2D eigenvalue weighted by Gasteiger charge is -2.09. The number of nitrogens with one attached hydrogen (secondary N) is 1. The minimum absolute atomic E-state index is 0.0729. The number of thioether (sulfide) groups is 1. The van der Waals surface area contributed by atoms with Crippen molar-refractivity contribution in [3.8, 4) is 11.4 Å². The monoisotopic (exact) mass is 446 g/mol. The van der Waals surface area contributed by atoms with Crippen molar-refractivity contribution in [2.24, 2.45) is 0 Å². The average molecular weight is 447 g/mol. The van der Waals surface area contributed by atoms with Crippen molar-refractivity contribution in [1.29, 1.82) is 0 Å². The van der Waals surface area contributed by atoms with E-state index in [9.17, 15) is 4.79 Å². The van der Waals surface area contributed by atoms with E-state index in [-0.39, 0.29) is 11.7 Å². The molecule has 0 unspecified atom stereocenters. The van der Waals surface area contributed by atoms with Crippen LogP contribution in [0.25, 0.3) is 5.69 Å². The molecule has 8 heteroatoms. The summed E-state index contributed by atoms with van der Waals surface area (Å²) < 4.78 is 8.42. The average Bonchev–Trinajstić information content (AvgIpc) is 3.13. The van der Waals surface area contributed by atoms with E-state index in [0.29, 0.717) is 18.3 Å². The van der Waals surface area contributed by atoms with E-state index >= 15 is 0 Å². The third kappa shape index (κ3) is 5.83. The zero-order valence-corrected chi connectivity index (χ0v) is 17.2. The number of carbonyl (C=O) groups excluding carboxylic acids is 1. The first kappa shape index (κ1) is 19.4. The van der Waals surface area contributed by atoms with Gasteiger partial charge in [0.15, 0.2) is 5.16 Å². The predicted molar refractivity (Wildman–Crippen MR) is 109 cm³/mol. The highest BCUT2D eigenvalue weighted by molar-refractivity contribution is 9.10. The molecule has 1 heterocycles. The normalized spacial score (nSPS) is 10.6. The zero-order chi connectivity index (χ0) is 19.1. The Balaban J connectivity index is 1.43. The van der Waals surface area contributed by atoms with Crippen LogP contribution in [0.5, 0.6) is 5.75 Å². The Labute approximate surface area is 170 Å². The van der Waals surface area contributed by atoms with Gasteiger partial charge < -0.3 is 10.1 Å². The highest BCUT2D eigenvalue weighted by Crippen LogP contribution is 2.20. The summed E-state index contributed by atoms with van der Waals surface area (Å²) in [5, 5.41) is 11.6. The maximum Gasteiger partial charge on any atom is 0.230 e. The molecular formula is C19H19BrN4O2S. The number of benzene rings is 2. The van der Waals surface area contributed by atoms with Gasteiger partial charge in [0, 0.05) is 10.2 Å². The lowest BCUT2D eigenvalue weighted by Crippen LogP contribution is -2.29. The number of amides is 1. The summed E-state index contributed by atoms with van der Waals surface area (Å²) in [5.74, 6) is 0.956. The number of nitrogens with zero attached hydrogens (tertiary/aromatic N) is 3. The maximum absolute atomic E-state index is 12.0. The Bertz CT molecular complexity index is 899. The fraction of sp³-hybridized carbons (Fsp3) is 0.211. The summed E-state index contributed by atoms with van der Waals surface area (Å²) in [7, 11) is 0. The lowest BCUT2D eigenvalue weighted by atomic mass is 10.2. The highest BCUT2D eigenvalue weighted by atomic mass is 79.9. The Hall–Kier alpha value is -2.32. The van der Waals surface area contributed by atoms with Crippen molar-refractivity contribution in [3.05, 3.63) is 64.9 Å². The molecule has 0 atom stereocenters. The van der Waals surface area contributed by atoms with Crippen LogP contribution in [0.15, 0.2) is 64.5 Å². The van der Waals surface area contributed by atoms with Crippen LogP contribution in [-0.4, -0.2) is 39.6 Å². The van der Waals surface area contributed by atoms with Crippen molar-refractivity contribution in [1.82, 2.24) is 20.1 Å². The molecule has 0 fully saturated rings. The number of halogens is 1. The van der Waals surface area contributed by atoms with Crippen LogP contribution < -0.4 is 10.1 Å². The Morgan fingerprint density at radius 1 is 1.26 bits per heavy atom. The fourth-order valence-electron chi connectivity index (χ4n) is 2.30. The fourth-order valence-corrected chi connectivity index (χ4v) is 3.44. The minimum atomic E-state index is -0.0729. The molecule has 1 amide bonds. The van der Waals surface area contributed by atoms with Gasteiger partial charge >= 0.3 is 0 Å². The second-order valence-electron chi connectivity index (χ2n) is 5.76. The third-order valence-electron chi connectivity index (χ3n) is 3.65. The van der Waals surface area contributed by atoms with Crippen molar-refractivity contribution in [3.63, 3.8) is 0 Å². The Kier molecular flexibility index (Phi) is 6.89. The standard InChI is InChI=1S/C19H19BrN4O2S/c1-14-5-7-16(8-6-14)24-13-22-23-19(24)27-12-18(25)21-9-10-26-17-4-2-3-15(20)11-17/h2-8,11,13H,9-10,12H2,1H3,(H,21,25). The first-order chi connectivity index (χ1) is 13.1. The maximum atomic E-state index is 12.0. The molecule has 0 aliphatic rings. The van der Waals surface area contributed by atoms with Crippen LogP contribution in [0.4, 0.5) is 0 Å². The van der Waals surface area contributed by atoms with Crippen LogP contribution in [0, 0.1) is 6.92 Å². The van der Waals surface area contributed by atoms with Gasteiger partial charge in [-0.1, -0.05) is 51.5 Å². The number of hydrogen-bond donors (Lipinski definition) is 1. The van der Waals surface area contributed by atoms with Crippen LogP contribution >= 0.6 is 27.7 Å². The molecule has 3 rings (SSSR count). The van der Waals surface area contributed by atoms with Gasteiger partial charge in [0.05, 0.1) is 12.3 Å². The molecule has 0 bridgehead atoms. The van der Waals surface area contributed by atoms with E-state index in [1.165, 1.54) is 17.3 Å². The van der Waals surface area contributed by atoms with E-state index in [1.54, 1.807) is 6.33 Å². The summed E-state index contributed by atoms with van der Waals surface area (Å²) >= 11 is 4.74. The second-order valence-corrected chi connectivity index (χ2v) is 7.62. The van der Waals surface area contributed by atoms with Crippen molar-refractivity contribution >= 4 is 33.6 Å². The van der Waals surface area contributed by atoms with Crippen molar-refractivity contribution in [2.75, 3.05) is 18.9 Å². The van der Waals surface area contributed by atoms with E-state index in [0.717, 1.165) is 15.9 Å². The minimum Gasteiger partial charge on any atom is -0.492 e. The summed E-state index contributed by atoms with van der Waals surface area (Å²) in [6.07, 6.45) is 1.65. The van der Waals surface area contributed by atoms with Crippen LogP contribution in [0.1, 0.15) is 5.56 Å². The molecule has 2 aromatic carbocycles. The highest BCUT2D eigenvalue weighted by Gasteiger charge is 2.10. The largest absolute Gasteiger partial charge is 0.492 e. The van der Waals surface area contributed by atoms with Gasteiger partial charge in [-0.3, -0.25) is 9.36 Å². The molecule has 0 saturated carbocycles. The van der Waals surface area contributed by atoms with Gasteiger partial charge in [0.2, 0.25) is 5.91 Å². The molecule has 1 N–H and O–H groups in total. The summed E-state index contributed by atoms with van der Waals surface area (Å²) in [6, 6.07) is 15.7. The molecule has 6 nitrogen and oxygen atoms in total. The van der Waals surface area contributed by atoms with Crippen LogP contribution in [0.2, 0.25) is 0 Å². The van der Waals surface area contributed by atoms with Gasteiger partial charge in [-0.05, 0) is 37.3 Å². The van der Waals surface area contributed by atoms with Gasteiger partial charge in [-0.15, -0.1) is 10.2 Å². The summed E-state index contributed by atoms with van der Waals surface area (Å²) in [6.45, 7) is 2.89. The number of carbonyl (C=O) groups is 1. The number of hydrogen-bond acceptors (Lipinski definition) is 5. The number of rotatable bonds is 8. The topological polar surface area (TPSA) is 69.0 Å². The van der Waals surface area contributed by atoms with Gasteiger partial charge in [-0.2, -0.15) is 0 Å². The SMILES string of the molecule is Cc1ccc(-n2cnnc2SCC(=O)NCCOc2cccc(Br)c2)cc1. The smallest absolute Gasteiger partial charge is 0.230 e. The van der Waals surface area contributed by atoms with Crippen LogP contribution in [-0.2, 0) is 4.79 Å². The summed E-state index contributed by atoms with van der Waals surface area (Å²) in [4.78, 5) is 12.0. The Morgan fingerprint density at radius 2 is 2.07 bits per heavy atom. The summed E-state index contributed by atoms with van der Waals surface area (Å²) in [5.41, 5.74) is 2.15. The molecule has 3 aromatic rings. The van der Waals surface area contributed by atoms with E-state index < -0.39 is 0 Å². The van der Waals surface area contributed by atoms with Crippen molar-refractivity contribution in [2.45, 2.75) is 12.1 Å². The zero-order valence-electron chi connectivity index (χ0n) is 14.8. The van der Waals surface area contributed by atoms with Gasteiger partial charge in [-0.25, -0.2) is 0 Å². The van der Waals surface area contributed by atoms with E-state index in [1.807, 2.05) is 60.0 Å². The van der Waals surface area contributed by atoms with Crippen molar-refractivity contribution < 1.29 is 9.53 Å². The molecule has 0 spiro atoms. The molecule has 0 aliphatic carbocycles. The van der Waals surface area contributed by atoms with E-state index in [2.05, 4.69) is 31.4 Å². The molecule has 0 aliphatic heterocycles. The molecular weight excluding hydrogens is 428 g/mol. The second kappa shape index (κ2) is 9.57. The predicted octanol–water partition coefficient (Wildman–Crippen LogP) is 3.63. The molecule has 140 valence electrons.